The standard InChI is InChI=1S/C20H23NO3/c1-14-10-12-15(13-11-14)20(24-23-19(2,3)4)16-8-6-7-9-17(16)21(5)18(20)22/h6-13H,1-5H3. The summed E-state index contributed by atoms with van der Waals surface area (Å²) >= 11 is 0. The van der Waals surface area contributed by atoms with Gasteiger partial charge in [-0.25, -0.2) is 9.78 Å². The van der Waals surface area contributed by atoms with Gasteiger partial charge in [-0.05, 0) is 33.8 Å². The number of hydrogen-bond donors (Lipinski definition) is 0. The van der Waals surface area contributed by atoms with Gasteiger partial charge >= 0.3 is 0 Å². The van der Waals surface area contributed by atoms with Crippen LogP contribution in [-0.2, 0) is 20.2 Å². The van der Waals surface area contributed by atoms with E-state index in [9.17, 15) is 4.79 Å². The summed E-state index contributed by atoms with van der Waals surface area (Å²) in [5.41, 5.74) is 1.70. The van der Waals surface area contributed by atoms with Gasteiger partial charge in [-0.3, -0.25) is 4.79 Å². The first-order valence-corrected chi connectivity index (χ1v) is 8.07. The van der Waals surface area contributed by atoms with Crippen molar-refractivity contribution in [1.82, 2.24) is 0 Å². The molecule has 0 N–H and O–H groups in total. The maximum Gasteiger partial charge on any atom is 0.271 e. The van der Waals surface area contributed by atoms with Crippen LogP contribution in [0.2, 0.25) is 0 Å². The largest absolute Gasteiger partial charge is 0.312 e. The minimum atomic E-state index is -1.29. The smallest absolute Gasteiger partial charge is 0.271 e. The molecule has 1 aliphatic heterocycles. The molecule has 3 rings (SSSR count). The third-order valence-electron chi connectivity index (χ3n) is 4.13. The van der Waals surface area contributed by atoms with Crippen LogP contribution in [0.4, 0.5) is 5.69 Å². The summed E-state index contributed by atoms with van der Waals surface area (Å²) in [4.78, 5) is 26.4. The molecule has 24 heavy (non-hydrogen) atoms. The fourth-order valence-corrected chi connectivity index (χ4v) is 2.91. The van der Waals surface area contributed by atoms with Crippen molar-refractivity contribution in [2.75, 3.05) is 11.9 Å². The highest BCUT2D eigenvalue weighted by molar-refractivity contribution is 6.08. The lowest BCUT2D eigenvalue weighted by Crippen LogP contribution is -2.43. The molecule has 0 saturated heterocycles. The lowest BCUT2D eigenvalue weighted by atomic mass is 9.87. The summed E-state index contributed by atoms with van der Waals surface area (Å²) in [7, 11) is 1.76. The molecule has 1 aliphatic rings. The number of hydrogen-bond acceptors (Lipinski definition) is 3. The zero-order valence-corrected chi connectivity index (χ0v) is 14.8. The Morgan fingerprint density at radius 2 is 1.62 bits per heavy atom. The van der Waals surface area contributed by atoms with Gasteiger partial charge in [0.05, 0.1) is 11.3 Å². The van der Waals surface area contributed by atoms with E-state index in [1.54, 1.807) is 11.9 Å². The first-order valence-electron chi connectivity index (χ1n) is 8.07. The second kappa shape index (κ2) is 5.72. The van der Waals surface area contributed by atoms with Crippen molar-refractivity contribution < 1.29 is 14.6 Å². The fourth-order valence-electron chi connectivity index (χ4n) is 2.91. The van der Waals surface area contributed by atoms with Crippen molar-refractivity contribution in [3.8, 4) is 0 Å². The third kappa shape index (κ3) is 2.62. The molecule has 4 heteroatoms. The Labute approximate surface area is 142 Å². The van der Waals surface area contributed by atoms with E-state index in [0.29, 0.717) is 0 Å². The van der Waals surface area contributed by atoms with Crippen molar-refractivity contribution in [2.45, 2.75) is 38.9 Å². The number of amides is 1. The van der Waals surface area contributed by atoms with Gasteiger partial charge in [0.25, 0.3) is 5.91 Å². The SMILES string of the molecule is Cc1ccc(C2(OOC(C)(C)C)C(=O)N(C)c3ccccc32)cc1. The Hall–Kier alpha value is -2.17. The normalized spacial score (nSPS) is 20.4. The van der Waals surface area contributed by atoms with Crippen molar-refractivity contribution in [3.05, 3.63) is 65.2 Å². The molecule has 126 valence electrons. The number of para-hydroxylation sites is 1. The molecule has 0 aliphatic carbocycles. The highest BCUT2D eigenvalue weighted by Crippen LogP contribution is 2.47. The van der Waals surface area contributed by atoms with Gasteiger partial charge in [0.2, 0.25) is 5.60 Å². The number of benzene rings is 2. The van der Waals surface area contributed by atoms with E-state index in [0.717, 1.165) is 22.4 Å². The maximum atomic E-state index is 13.2. The molecule has 1 unspecified atom stereocenters. The van der Waals surface area contributed by atoms with E-state index in [1.165, 1.54) is 0 Å². The molecule has 0 spiro atoms. The van der Waals surface area contributed by atoms with Crippen molar-refractivity contribution >= 4 is 11.6 Å². The first kappa shape index (κ1) is 16.7. The molecule has 0 aromatic heterocycles. The number of carbonyl (C=O) groups excluding carboxylic acids is 1. The number of anilines is 1. The Morgan fingerprint density at radius 3 is 2.25 bits per heavy atom. The monoisotopic (exact) mass is 325 g/mol. The molecule has 0 fully saturated rings. The molecule has 1 amide bonds. The molecule has 1 heterocycles. The number of likely N-dealkylation sites (N-methyl/N-ethyl adjacent to an activating group) is 1. The number of aryl methyl sites for hydroxylation is 1. The average Bonchev–Trinajstić information content (AvgIpc) is 2.76. The Kier molecular flexibility index (Phi) is 3.98. The Balaban J connectivity index is 2.19. The van der Waals surface area contributed by atoms with Crippen LogP contribution in [0.1, 0.15) is 37.5 Å². The van der Waals surface area contributed by atoms with Crippen LogP contribution in [0.25, 0.3) is 0 Å². The number of carbonyl (C=O) groups is 1. The van der Waals surface area contributed by atoms with Crippen LogP contribution in [0.5, 0.6) is 0 Å². The molecule has 4 nitrogen and oxygen atoms in total. The molecule has 0 saturated carbocycles. The molecular weight excluding hydrogens is 302 g/mol. The summed E-state index contributed by atoms with van der Waals surface area (Å²) < 4.78 is 0. The van der Waals surface area contributed by atoms with Gasteiger partial charge in [-0.2, -0.15) is 0 Å². The molecule has 2 aromatic rings. The predicted octanol–water partition coefficient (Wildman–Crippen LogP) is 3.96. The summed E-state index contributed by atoms with van der Waals surface area (Å²) in [5, 5.41) is 0. The minimum absolute atomic E-state index is 0.156. The van der Waals surface area contributed by atoms with E-state index >= 15 is 0 Å². The van der Waals surface area contributed by atoms with Gasteiger partial charge in [0.1, 0.15) is 0 Å². The van der Waals surface area contributed by atoms with Gasteiger partial charge in [0.15, 0.2) is 0 Å². The summed E-state index contributed by atoms with van der Waals surface area (Å²) in [6.45, 7) is 7.69. The summed E-state index contributed by atoms with van der Waals surface area (Å²) in [6.07, 6.45) is 0. The fraction of sp³-hybridized carbons (Fsp3) is 0.350. The van der Waals surface area contributed by atoms with E-state index in [-0.39, 0.29) is 5.91 Å². The number of nitrogens with zero attached hydrogens (tertiary/aromatic N) is 1. The van der Waals surface area contributed by atoms with Crippen LogP contribution in [-0.4, -0.2) is 18.6 Å². The Morgan fingerprint density at radius 1 is 1.00 bits per heavy atom. The quantitative estimate of drug-likeness (QED) is 0.633. The second-order valence-corrected chi connectivity index (χ2v) is 7.21. The van der Waals surface area contributed by atoms with Gasteiger partial charge < -0.3 is 4.90 Å². The predicted molar refractivity (Wildman–Crippen MR) is 93.7 cm³/mol. The first-order chi connectivity index (χ1) is 11.3. The minimum Gasteiger partial charge on any atom is -0.312 e. The van der Waals surface area contributed by atoms with E-state index < -0.39 is 11.2 Å². The van der Waals surface area contributed by atoms with Crippen molar-refractivity contribution in [3.63, 3.8) is 0 Å². The molecular formula is C20H23NO3. The van der Waals surface area contributed by atoms with Gasteiger partial charge in [-0.15, -0.1) is 0 Å². The van der Waals surface area contributed by atoms with Crippen LogP contribution in [0.3, 0.4) is 0 Å². The zero-order chi connectivity index (χ0) is 17.5. The molecule has 1 atom stereocenters. The summed E-state index contributed by atoms with van der Waals surface area (Å²) in [6, 6.07) is 15.5. The highest BCUT2D eigenvalue weighted by atomic mass is 17.2. The maximum absolute atomic E-state index is 13.2. The van der Waals surface area contributed by atoms with E-state index in [1.807, 2.05) is 76.2 Å². The highest BCUT2D eigenvalue weighted by Gasteiger charge is 2.54. The van der Waals surface area contributed by atoms with Crippen molar-refractivity contribution in [2.24, 2.45) is 0 Å². The average molecular weight is 325 g/mol. The molecule has 2 aromatic carbocycles. The van der Waals surface area contributed by atoms with Crippen LogP contribution < -0.4 is 4.90 Å². The third-order valence-corrected chi connectivity index (χ3v) is 4.13. The van der Waals surface area contributed by atoms with Crippen molar-refractivity contribution in [1.29, 1.82) is 0 Å². The number of fused-ring (bicyclic) bond motifs is 1. The van der Waals surface area contributed by atoms with Crippen LogP contribution in [0, 0.1) is 6.92 Å². The summed E-state index contributed by atoms with van der Waals surface area (Å²) in [5.74, 6) is -0.156. The lowest BCUT2D eigenvalue weighted by Gasteiger charge is -2.31. The molecule has 0 radical (unpaired) electrons. The lowest BCUT2D eigenvalue weighted by molar-refractivity contribution is -0.388. The number of rotatable bonds is 3. The van der Waals surface area contributed by atoms with E-state index in [2.05, 4.69) is 0 Å². The van der Waals surface area contributed by atoms with Gasteiger partial charge in [-0.1, -0.05) is 48.0 Å². The van der Waals surface area contributed by atoms with Crippen LogP contribution >= 0.6 is 0 Å². The zero-order valence-electron chi connectivity index (χ0n) is 14.8. The van der Waals surface area contributed by atoms with Gasteiger partial charge in [0, 0.05) is 18.2 Å². The van der Waals surface area contributed by atoms with E-state index in [4.69, 9.17) is 9.78 Å². The molecule has 0 bridgehead atoms. The Bertz CT molecular complexity index is 761. The second-order valence-electron chi connectivity index (χ2n) is 7.21. The topological polar surface area (TPSA) is 38.8 Å². The van der Waals surface area contributed by atoms with Crippen LogP contribution in [0.15, 0.2) is 48.5 Å².